The van der Waals surface area contributed by atoms with Gasteiger partial charge in [0, 0.05) is 6.54 Å². The molecule has 0 radical (unpaired) electrons. The Labute approximate surface area is 120 Å². The maximum absolute atomic E-state index is 13.4. The molecule has 0 saturated heterocycles. The Balaban J connectivity index is 1.77. The summed E-state index contributed by atoms with van der Waals surface area (Å²) in [4.78, 5) is 0. The van der Waals surface area contributed by atoms with E-state index in [1.54, 1.807) is 6.07 Å². The first-order chi connectivity index (χ1) is 9.66. The third-order valence-electron chi connectivity index (χ3n) is 3.50. The molecule has 0 atom stereocenters. The topological polar surface area (TPSA) is 12.0 Å². The van der Waals surface area contributed by atoms with Gasteiger partial charge in [-0.05, 0) is 41.6 Å². The lowest BCUT2D eigenvalue weighted by molar-refractivity contribution is 0.598. The molecule has 0 aliphatic heterocycles. The predicted octanol–water partition coefficient (Wildman–Crippen LogP) is 4.28. The second-order valence-corrected chi connectivity index (χ2v) is 5.41. The maximum Gasteiger partial charge on any atom is 0.126 e. The van der Waals surface area contributed by atoms with E-state index in [2.05, 4.69) is 43.4 Å². The van der Waals surface area contributed by atoms with Gasteiger partial charge in [-0.2, -0.15) is 0 Å². The van der Waals surface area contributed by atoms with Gasteiger partial charge in [-0.15, -0.1) is 0 Å². The fourth-order valence-electron chi connectivity index (χ4n) is 2.18. The van der Waals surface area contributed by atoms with Gasteiger partial charge in [-0.25, -0.2) is 4.39 Å². The molecule has 2 rings (SSSR count). The van der Waals surface area contributed by atoms with Crippen LogP contribution in [0.15, 0.2) is 48.5 Å². The van der Waals surface area contributed by atoms with Gasteiger partial charge in [-0.1, -0.05) is 56.3 Å². The number of hydrogen-bond acceptors (Lipinski definition) is 1. The number of halogens is 1. The second kappa shape index (κ2) is 7.20. The van der Waals surface area contributed by atoms with E-state index in [9.17, 15) is 4.39 Å². The molecule has 20 heavy (non-hydrogen) atoms. The van der Waals surface area contributed by atoms with Crippen LogP contribution in [-0.2, 0) is 13.0 Å². The normalized spacial score (nSPS) is 11.0. The highest BCUT2D eigenvalue weighted by atomic mass is 19.1. The highest BCUT2D eigenvalue weighted by Crippen LogP contribution is 2.14. The molecule has 0 saturated carbocycles. The Morgan fingerprint density at radius 2 is 1.70 bits per heavy atom. The van der Waals surface area contributed by atoms with Crippen molar-refractivity contribution in [2.45, 2.75) is 32.7 Å². The summed E-state index contributed by atoms with van der Waals surface area (Å²) in [7, 11) is 0. The van der Waals surface area contributed by atoms with Crippen molar-refractivity contribution >= 4 is 0 Å². The first kappa shape index (κ1) is 14.7. The Morgan fingerprint density at radius 1 is 1.00 bits per heavy atom. The average molecular weight is 271 g/mol. The van der Waals surface area contributed by atoms with Crippen LogP contribution >= 0.6 is 0 Å². The number of rotatable bonds is 6. The third kappa shape index (κ3) is 4.17. The Bertz CT molecular complexity index is 531. The molecule has 0 heterocycles. The highest BCUT2D eigenvalue weighted by Gasteiger charge is 2.01. The molecule has 0 unspecified atom stereocenters. The molecule has 106 valence electrons. The summed E-state index contributed by atoms with van der Waals surface area (Å²) in [5.74, 6) is 0.452. The van der Waals surface area contributed by atoms with Gasteiger partial charge < -0.3 is 5.32 Å². The second-order valence-electron chi connectivity index (χ2n) is 5.41. The summed E-state index contributed by atoms with van der Waals surface area (Å²) >= 11 is 0. The van der Waals surface area contributed by atoms with Gasteiger partial charge in [0.1, 0.15) is 5.82 Å². The molecule has 2 aromatic rings. The third-order valence-corrected chi connectivity index (χ3v) is 3.50. The Hall–Kier alpha value is -1.67. The van der Waals surface area contributed by atoms with Crippen LogP contribution in [0.3, 0.4) is 0 Å². The fourth-order valence-corrected chi connectivity index (χ4v) is 2.18. The van der Waals surface area contributed by atoms with E-state index in [-0.39, 0.29) is 5.82 Å². The van der Waals surface area contributed by atoms with E-state index in [1.165, 1.54) is 17.2 Å². The van der Waals surface area contributed by atoms with Crippen LogP contribution in [0.25, 0.3) is 0 Å². The minimum absolute atomic E-state index is 0.115. The Morgan fingerprint density at radius 3 is 2.35 bits per heavy atom. The summed E-state index contributed by atoms with van der Waals surface area (Å²) in [6, 6.07) is 15.6. The number of nitrogens with one attached hydrogen (secondary N) is 1. The van der Waals surface area contributed by atoms with Gasteiger partial charge in [0.15, 0.2) is 0 Å². The standard InChI is InChI=1S/C18H22FN/c1-14(2)16-9-7-15(8-10-16)13-20-12-11-17-5-3-4-6-18(17)19/h3-10,14,20H,11-13H2,1-2H3. The van der Waals surface area contributed by atoms with Crippen molar-refractivity contribution in [3.63, 3.8) is 0 Å². The van der Waals surface area contributed by atoms with Crippen LogP contribution in [-0.4, -0.2) is 6.54 Å². The Kier molecular flexibility index (Phi) is 5.31. The molecule has 2 aromatic carbocycles. The van der Waals surface area contributed by atoms with Gasteiger partial charge in [0.2, 0.25) is 0 Å². The molecule has 2 heteroatoms. The van der Waals surface area contributed by atoms with E-state index in [0.717, 1.165) is 25.1 Å². The summed E-state index contributed by atoms with van der Waals surface area (Å²) in [5, 5.41) is 3.36. The summed E-state index contributed by atoms with van der Waals surface area (Å²) < 4.78 is 13.4. The molecular weight excluding hydrogens is 249 g/mol. The van der Waals surface area contributed by atoms with Crippen LogP contribution in [0.1, 0.15) is 36.5 Å². The SMILES string of the molecule is CC(C)c1ccc(CNCCc2ccccc2F)cc1. The van der Waals surface area contributed by atoms with Crippen LogP contribution < -0.4 is 5.32 Å². The van der Waals surface area contributed by atoms with Crippen LogP contribution in [0.5, 0.6) is 0 Å². The van der Waals surface area contributed by atoms with Crippen molar-refractivity contribution in [2.75, 3.05) is 6.54 Å². The van der Waals surface area contributed by atoms with E-state index >= 15 is 0 Å². The number of benzene rings is 2. The summed E-state index contributed by atoms with van der Waals surface area (Å²) in [6.07, 6.45) is 0.719. The zero-order valence-electron chi connectivity index (χ0n) is 12.2. The largest absolute Gasteiger partial charge is 0.312 e. The van der Waals surface area contributed by atoms with Crippen molar-refractivity contribution in [3.8, 4) is 0 Å². The zero-order valence-corrected chi connectivity index (χ0v) is 12.2. The van der Waals surface area contributed by atoms with Crippen molar-refractivity contribution in [1.29, 1.82) is 0 Å². The molecule has 0 fully saturated rings. The van der Waals surface area contributed by atoms with Gasteiger partial charge >= 0.3 is 0 Å². The zero-order chi connectivity index (χ0) is 14.4. The minimum Gasteiger partial charge on any atom is -0.312 e. The van der Waals surface area contributed by atoms with Crippen molar-refractivity contribution in [1.82, 2.24) is 5.32 Å². The van der Waals surface area contributed by atoms with E-state index in [0.29, 0.717) is 5.92 Å². The van der Waals surface area contributed by atoms with E-state index in [1.807, 2.05) is 12.1 Å². The van der Waals surface area contributed by atoms with Crippen LogP contribution in [0.2, 0.25) is 0 Å². The van der Waals surface area contributed by atoms with E-state index in [4.69, 9.17) is 0 Å². The highest BCUT2D eigenvalue weighted by molar-refractivity contribution is 5.24. The van der Waals surface area contributed by atoms with Crippen molar-refractivity contribution < 1.29 is 4.39 Å². The molecule has 0 amide bonds. The molecule has 0 bridgehead atoms. The lowest BCUT2D eigenvalue weighted by atomic mass is 10.0. The fraction of sp³-hybridized carbons (Fsp3) is 0.333. The van der Waals surface area contributed by atoms with Gasteiger partial charge in [-0.3, -0.25) is 0 Å². The molecule has 1 nitrogen and oxygen atoms in total. The predicted molar refractivity (Wildman–Crippen MR) is 82.3 cm³/mol. The monoisotopic (exact) mass is 271 g/mol. The van der Waals surface area contributed by atoms with Gasteiger partial charge in [0.25, 0.3) is 0 Å². The molecule has 0 aliphatic carbocycles. The average Bonchev–Trinajstić information content (AvgIpc) is 2.46. The van der Waals surface area contributed by atoms with Crippen molar-refractivity contribution in [3.05, 3.63) is 71.0 Å². The lowest BCUT2D eigenvalue weighted by Crippen LogP contribution is -2.17. The molecule has 0 aromatic heterocycles. The summed E-state index contributed by atoms with van der Waals surface area (Å²) in [5.41, 5.74) is 3.40. The first-order valence-corrected chi connectivity index (χ1v) is 7.20. The maximum atomic E-state index is 13.4. The smallest absolute Gasteiger partial charge is 0.126 e. The van der Waals surface area contributed by atoms with Crippen LogP contribution in [0.4, 0.5) is 4.39 Å². The molecular formula is C18H22FN. The molecule has 0 spiro atoms. The minimum atomic E-state index is -0.115. The molecule has 1 N–H and O–H groups in total. The number of hydrogen-bond donors (Lipinski definition) is 1. The van der Waals surface area contributed by atoms with Gasteiger partial charge in [0.05, 0.1) is 0 Å². The van der Waals surface area contributed by atoms with E-state index < -0.39 is 0 Å². The molecule has 0 aliphatic rings. The quantitative estimate of drug-likeness (QED) is 0.773. The van der Waals surface area contributed by atoms with Crippen molar-refractivity contribution in [2.24, 2.45) is 0 Å². The first-order valence-electron chi connectivity index (χ1n) is 7.20. The lowest BCUT2D eigenvalue weighted by Gasteiger charge is -2.08. The summed E-state index contributed by atoms with van der Waals surface area (Å²) in [6.45, 7) is 6.00. The van der Waals surface area contributed by atoms with Crippen LogP contribution in [0, 0.1) is 5.82 Å².